The molecule has 0 saturated carbocycles. The minimum Gasteiger partial charge on any atom is -0.309 e. The van der Waals surface area contributed by atoms with Gasteiger partial charge < -0.3 is 4.90 Å². The SMILES string of the molecule is C=C/C=C\C1=C2C=C(N(c3ccc(-c4ccccc4)cc3-c3ccccc3)c3ccc(-c4ccccc4)cc3-c3ccccc3)C=CC2C2(c3ccccc3-c3ccccc32)C1C. The molecule has 1 nitrogen and oxygen atoms in total. The second kappa shape index (κ2) is 15.9. The molecule has 0 radical (unpaired) electrons. The quantitative estimate of drug-likeness (QED) is 0.131. The number of benzene rings is 8. The molecule has 0 aromatic heterocycles. The van der Waals surface area contributed by atoms with Gasteiger partial charge in [-0.3, -0.25) is 0 Å². The maximum atomic E-state index is 4.12. The van der Waals surface area contributed by atoms with Crippen molar-refractivity contribution < 1.29 is 0 Å². The fourth-order valence-corrected chi connectivity index (χ4v) is 10.9. The molecule has 0 bridgehead atoms. The van der Waals surface area contributed by atoms with E-state index in [0.717, 1.165) is 39.3 Å². The van der Waals surface area contributed by atoms with Crippen LogP contribution in [0.4, 0.5) is 11.4 Å². The summed E-state index contributed by atoms with van der Waals surface area (Å²) in [5.41, 5.74) is 20.7. The van der Waals surface area contributed by atoms with Gasteiger partial charge in [0, 0.05) is 28.2 Å². The lowest BCUT2D eigenvalue weighted by atomic mass is 9.63. The molecule has 2 unspecified atom stereocenters. The summed E-state index contributed by atoms with van der Waals surface area (Å²) in [6.45, 7) is 6.56. The predicted molar refractivity (Wildman–Crippen MR) is 266 cm³/mol. The van der Waals surface area contributed by atoms with Gasteiger partial charge >= 0.3 is 0 Å². The summed E-state index contributed by atoms with van der Waals surface area (Å²) in [6.07, 6.45) is 13.8. The monoisotopic (exact) mass is 805 g/mol. The van der Waals surface area contributed by atoms with Crippen LogP contribution in [-0.4, -0.2) is 0 Å². The first-order valence-corrected chi connectivity index (χ1v) is 22.1. The Balaban J connectivity index is 1.18. The normalized spacial score (nSPS) is 16.7. The lowest BCUT2D eigenvalue weighted by molar-refractivity contribution is 0.377. The third-order valence-electron chi connectivity index (χ3n) is 13.6. The molecule has 3 aliphatic carbocycles. The lowest BCUT2D eigenvalue weighted by Gasteiger charge is -2.40. The topological polar surface area (TPSA) is 3.24 Å². The summed E-state index contributed by atoms with van der Waals surface area (Å²) in [5, 5.41) is 0. The summed E-state index contributed by atoms with van der Waals surface area (Å²) in [5.74, 6) is 0.317. The van der Waals surface area contributed by atoms with Gasteiger partial charge in [0.1, 0.15) is 0 Å². The standard InChI is InChI=1S/C62H47N/c1-3-4-29-51-43(2)62(57-32-19-17-30-52(57)53-31-18-20-33-58(53)62)59-37-36-50(42-56(51)59)63(60-38-34-48(44-21-9-5-10-22-44)40-54(60)46-25-13-7-14-26-46)61-39-35-49(45-23-11-6-12-24-45)41-55(61)47-27-15-8-16-28-47/h3-43,59H,1H2,2H3/b29-4-. The van der Waals surface area contributed by atoms with E-state index in [4.69, 9.17) is 0 Å². The molecule has 1 spiro atoms. The van der Waals surface area contributed by atoms with Gasteiger partial charge in [0.2, 0.25) is 0 Å². The van der Waals surface area contributed by atoms with Crippen molar-refractivity contribution in [2.75, 3.05) is 4.90 Å². The molecule has 8 aromatic rings. The zero-order valence-corrected chi connectivity index (χ0v) is 35.4. The van der Waals surface area contributed by atoms with Crippen LogP contribution in [-0.2, 0) is 5.41 Å². The third kappa shape index (κ3) is 6.31. The molecule has 2 atom stereocenters. The van der Waals surface area contributed by atoms with E-state index in [1.165, 1.54) is 55.7 Å². The van der Waals surface area contributed by atoms with Gasteiger partial charge in [0.05, 0.1) is 11.4 Å². The van der Waals surface area contributed by atoms with Gasteiger partial charge in [-0.15, -0.1) is 0 Å². The zero-order valence-electron chi connectivity index (χ0n) is 35.4. The van der Waals surface area contributed by atoms with Crippen LogP contribution in [0.2, 0.25) is 0 Å². The van der Waals surface area contributed by atoms with Crippen LogP contribution < -0.4 is 4.90 Å². The van der Waals surface area contributed by atoms with Crippen molar-refractivity contribution in [1.29, 1.82) is 0 Å². The Morgan fingerprint density at radius 1 is 0.476 bits per heavy atom. The van der Waals surface area contributed by atoms with Crippen LogP contribution in [0, 0.1) is 11.8 Å². The van der Waals surface area contributed by atoms with E-state index in [0.29, 0.717) is 0 Å². The first-order valence-electron chi connectivity index (χ1n) is 22.1. The number of allylic oxidation sites excluding steroid dienone is 8. The van der Waals surface area contributed by atoms with Crippen molar-refractivity contribution in [1.82, 2.24) is 0 Å². The summed E-state index contributed by atoms with van der Waals surface area (Å²) >= 11 is 0. The summed E-state index contributed by atoms with van der Waals surface area (Å²) in [6, 6.07) is 75.4. The lowest BCUT2D eigenvalue weighted by Crippen LogP contribution is -2.37. The number of hydrogen-bond acceptors (Lipinski definition) is 1. The highest BCUT2D eigenvalue weighted by Crippen LogP contribution is 2.65. The van der Waals surface area contributed by atoms with Crippen molar-refractivity contribution in [3.63, 3.8) is 0 Å². The van der Waals surface area contributed by atoms with Gasteiger partial charge in [-0.1, -0.05) is 220 Å². The highest BCUT2D eigenvalue weighted by molar-refractivity contribution is 5.95. The zero-order chi connectivity index (χ0) is 42.3. The van der Waals surface area contributed by atoms with Gasteiger partial charge in [0.25, 0.3) is 0 Å². The Kier molecular flexibility index (Phi) is 9.67. The van der Waals surface area contributed by atoms with E-state index >= 15 is 0 Å². The smallest absolute Gasteiger partial charge is 0.0540 e. The number of nitrogens with zero attached hydrogens (tertiary/aromatic N) is 1. The van der Waals surface area contributed by atoms with E-state index in [1.807, 2.05) is 6.08 Å². The highest BCUT2D eigenvalue weighted by atomic mass is 15.2. The van der Waals surface area contributed by atoms with Crippen molar-refractivity contribution in [2.24, 2.45) is 11.8 Å². The molecule has 0 fully saturated rings. The highest BCUT2D eigenvalue weighted by Gasteiger charge is 2.57. The van der Waals surface area contributed by atoms with E-state index in [1.54, 1.807) is 0 Å². The number of fused-ring (bicyclic) bond motifs is 7. The Morgan fingerprint density at radius 2 is 0.921 bits per heavy atom. The first-order chi connectivity index (χ1) is 31.1. The molecular weight excluding hydrogens is 759 g/mol. The summed E-state index contributed by atoms with van der Waals surface area (Å²) in [4.78, 5) is 2.52. The largest absolute Gasteiger partial charge is 0.309 e. The van der Waals surface area contributed by atoms with Crippen LogP contribution in [0.5, 0.6) is 0 Å². The molecule has 63 heavy (non-hydrogen) atoms. The summed E-state index contributed by atoms with van der Waals surface area (Å²) < 4.78 is 0. The second-order valence-corrected chi connectivity index (χ2v) is 16.9. The minimum atomic E-state index is -0.258. The Hall–Kier alpha value is -7.74. The fourth-order valence-electron chi connectivity index (χ4n) is 10.9. The first kappa shape index (κ1) is 38.2. The predicted octanol–water partition coefficient (Wildman–Crippen LogP) is 16.2. The maximum Gasteiger partial charge on any atom is 0.0540 e. The molecule has 0 heterocycles. The van der Waals surface area contributed by atoms with E-state index < -0.39 is 0 Å². The van der Waals surface area contributed by atoms with Gasteiger partial charge in [0.15, 0.2) is 0 Å². The second-order valence-electron chi connectivity index (χ2n) is 16.9. The molecule has 0 amide bonds. The van der Waals surface area contributed by atoms with Crippen molar-refractivity contribution in [3.8, 4) is 55.6 Å². The Labute approximate surface area is 371 Å². The van der Waals surface area contributed by atoms with Crippen molar-refractivity contribution in [2.45, 2.75) is 12.3 Å². The van der Waals surface area contributed by atoms with E-state index in [-0.39, 0.29) is 17.3 Å². The number of hydrogen-bond donors (Lipinski definition) is 0. The van der Waals surface area contributed by atoms with Crippen LogP contribution in [0.15, 0.2) is 266 Å². The molecule has 11 rings (SSSR count). The fraction of sp³-hybridized carbons (Fsp3) is 0.0645. The Bertz CT molecular complexity index is 2960. The van der Waals surface area contributed by atoms with E-state index in [9.17, 15) is 0 Å². The van der Waals surface area contributed by atoms with Gasteiger partial charge in [-0.25, -0.2) is 0 Å². The average Bonchev–Trinajstić information content (AvgIpc) is 3.79. The molecule has 8 aromatic carbocycles. The van der Waals surface area contributed by atoms with Crippen molar-refractivity contribution >= 4 is 11.4 Å². The van der Waals surface area contributed by atoms with E-state index in [2.05, 4.69) is 255 Å². The van der Waals surface area contributed by atoms with Crippen LogP contribution in [0.3, 0.4) is 0 Å². The van der Waals surface area contributed by atoms with Gasteiger partial charge in [-0.05, 0) is 109 Å². The molecular formula is C62H47N. The number of rotatable bonds is 9. The van der Waals surface area contributed by atoms with Crippen LogP contribution in [0.25, 0.3) is 55.6 Å². The molecule has 3 aliphatic rings. The van der Waals surface area contributed by atoms with Crippen molar-refractivity contribution in [3.05, 3.63) is 277 Å². The molecule has 0 aliphatic heterocycles. The van der Waals surface area contributed by atoms with Gasteiger partial charge in [-0.2, -0.15) is 0 Å². The molecule has 0 saturated heterocycles. The van der Waals surface area contributed by atoms with Crippen LogP contribution >= 0.6 is 0 Å². The molecule has 0 N–H and O–H groups in total. The molecule has 1 heteroatoms. The summed E-state index contributed by atoms with van der Waals surface area (Å²) in [7, 11) is 0. The maximum absolute atomic E-state index is 4.12. The molecule has 300 valence electrons. The average molecular weight is 806 g/mol. The Morgan fingerprint density at radius 3 is 1.40 bits per heavy atom. The van der Waals surface area contributed by atoms with Crippen LogP contribution in [0.1, 0.15) is 18.1 Å². The number of anilines is 2. The minimum absolute atomic E-state index is 0.121. The third-order valence-corrected chi connectivity index (χ3v) is 13.6.